The van der Waals surface area contributed by atoms with Crippen LogP contribution in [-0.2, 0) is 9.59 Å². The first kappa shape index (κ1) is 21.7. The number of halogens is 1. The van der Waals surface area contributed by atoms with Crippen molar-refractivity contribution in [3.8, 4) is 0 Å². The summed E-state index contributed by atoms with van der Waals surface area (Å²) in [6.45, 7) is 2.05. The minimum absolute atomic E-state index is 0.0753. The van der Waals surface area contributed by atoms with Gasteiger partial charge < -0.3 is 25.8 Å². The molecular weight excluding hydrogens is 391 g/mol. The monoisotopic (exact) mass is 418 g/mol. The van der Waals surface area contributed by atoms with Gasteiger partial charge in [-0.1, -0.05) is 0 Å². The molecule has 2 aliphatic rings. The summed E-state index contributed by atoms with van der Waals surface area (Å²) in [6.07, 6.45) is 0.877. The van der Waals surface area contributed by atoms with Crippen LogP contribution in [0.5, 0.6) is 0 Å². The molecule has 1 fully saturated rings. The molecule has 2 unspecified atom stereocenters. The van der Waals surface area contributed by atoms with Crippen LogP contribution in [0.15, 0.2) is 23.2 Å². The van der Waals surface area contributed by atoms with Crippen molar-refractivity contribution in [3.63, 3.8) is 0 Å². The lowest BCUT2D eigenvalue weighted by atomic mass is 10.1. The number of amidine groups is 1. The number of nitrogens with zero attached hydrogens (tertiary/aromatic N) is 3. The predicted octanol–water partition coefficient (Wildman–Crippen LogP) is -0.818. The van der Waals surface area contributed by atoms with Crippen LogP contribution in [0.1, 0.15) is 22.3 Å². The predicted molar refractivity (Wildman–Crippen MR) is 110 cm³/mol. The van der Waals surface area contributed by atoms with E-state index in [9.17, 15) is 18.8 Å². The number of hydrogen-bond acceptors (Lipinski definition) is 6. The van der Waals surface area contributed by atoms with Gasteiger partial charge in [0, 0.05) is 32.7 Å². The van der Waals surface area contributed by atoms with Gasteiger partial charge in [0.2, 0.25) is 11.8 Å². The average Bonchev–Trinajstić information content (AvgIpc) is 2.97. The molecule has 1 saturated heterocycles. The summed E-state index contributed by atoms with van der Waals surface area (Å²) in [4.78, 5) is 45.2. The highest BCUT2D eigenvalue weighted by atomic mass is 19.1. The maximum Gasteiger partial charge on any atom is 0.254 e. The minimum Gasteiger partial charge on any atom is -0.358 e. The van der Waals surface area contributed by atoms with E-state index in [1.54, 1.807) is 6.07 Å². The van der Waals surface area contributed by atoms with Crippen molar-refractivity contribution in [1.29, 1.82) is 0 Å². The smallest absolute Gasteiger partial charge is 0.254 e. The van der Waals surface area contributed by atoms with E-state index in [4.69, 9.17) is 0 Å². The highest BCUT2D eigenvalue weighted by Crippen LogP contribution is 2.26. The van der Waals surface area contributed by atoms with Gasteiger partial charge in [-0.2, -0.15) is 0 Å². The van der Waals surface area contributed by atoms with Crippen LogP contribution in [0.2, 0.25) is 0 Å². The number of hydrogen-bond donors (Lipinski definition) is 3. The number of amides is 3. The van der Waals surface area contributed by atoms with E-state index in [-0.39, 0.29) is 30.0 Å². The Balaban J connectivity index is 1.95. The minimum atomic E-state index is -0.710. The molecule has 0 aromatic heterocycles. The van der Waals surface area contributed by atoms with Crippen LogP contribution in [0.25, 0.3) is 0 Å². The highest BCUT2D eigenvalue weighted by Gasteiger charge is 2.42. The number of carbonyl (C=O) groups excluding carboxylic acids is 3. The number of fused-ring (bicyclic) bond motifs is 1. The summed E-state index contributed by atoms with van der Waals surface area (Å²) in [6, 6.07) is 3.34. The fourth-order valence-corrected chi connectivity index (χ4v) is 3.82. The zero-order valence-electron chi connectivity index (χ0n) is 17.4. The van der Waals surface area contributed by atoms with Gasteiger partial charge in [0.25, 0.3) is 5.91 Å². The number of carbonyl (C=O) groups is 3. The Kier molecular flexibility index (Phi) is 6.66. The zero-order valence-corrected chi connectivity index (χ0v) is 17.4. The molecule has 3 amide bonds. The summed E-state index contributed by atoms with van der Waals surface area (Å²) in [7, 11) is 4.93. The number of likely N-dealkylation sites (N-methyl/N-ethyl adjacent to an activating group) is 2. The van der Waals surface area contributed by atoms with Crippen molar-refractivity contribution in [2.45, 2.75) is 18.5 Å². The maximum absolute atomic E-state index is 14.1. The van der Waals surface area contributed by atoms with Crippen LogP contribution in [0, 0.1) is 5.82 Å². The third-order valence-corrected chi connectivity index (χ3v) is 5.40. The third-order valence-electron chi connectivity index (χ3n) is 5.40. The van der Waals surface area contributed by atoms with Gasteiger partial charge in [0.05, 0.1) is 18.2 Å². The topological polar surface area (TPSA) is 106 Å². The summed E-state index contributed by atoms with van der Waals surface area (Å²) < 4.78 is 14.1. The first-order valence-electron chi connectivity index (χ1n) is 9.89. The van der Waals surface area contributed by atoms with Crippen LogP contribution in [0.3, 0.4) is 0 Å². The molecule has 0 bridgehead atoms. The molecule has 0 radical (unpaired) electrons. The van der Waals surface area contributed by atoms with E-state index in [0.717, 1.165) is 13.0 Å². The van der Waals surface area contributed by atoms with E-state index in [2.05, 4.69) is 30.7 Å². The molecule has 3 rings (SSSR count). The second-order valence-electron chi connectivity index (χ2n) is 7.44. The second-order valence-corrected chi connectivity index (χ2v) is 7.44. The molecule has 1 aromatic rings. The Hall–Kier alpha value is -3.01. The van der Waals surface area contributed by atoms with Gasteiger partial charge in [0.1, 0.15) is 11.7 Å². The van der Waals surface area contributed by atoms with E-state index in [1.165, 1.54) is 26.2 Å². The SMILES string of the molecule is CNC(=O)CNC(=O)C1N=C(c2ccc(F)c(C(=O)NC)c2)N2CCCN(C)CC12. The van der Waals surface area contributed by atoms with Crippen molar-refractivity contribution in [2.24, 2.45) is 4.99 Å². The van der Waals surface area contributed by atoms with Gasteiger partial charge in [-0.05, 0) is 38.2 Å². The average molecular weight is 418 g/mol. The standard InChI is InChI=1S/C20H27FN6O3/c1-22-16(28)10-24-20(30)17-15-11-26(3)7-4-8-27(15)18(25-17)12-5-6-14(21)13(9-12)19(29)23-2/h5-6,9,15,17H,4,7-8,10-11H2,1-3H3,(H,22,28)(H,23,29)(H,24,30). The lowest BCUT2D eigenvalue weighted by Gasteiger charge is -2.29. The molecule has 162 valence electrons. The van der Waals surface area contributed by atoms with Crippen molar-refractivity contribution in [3.05, 3.63) is 35.1 Å². The molecule has 3 N–H and O–H groups in total. The summed E-state index contributed by atoms with van der Waals surface area (Å²) >= 11 is 0. The fraction of sp³-hybridized carbons (Fsp3) is 0.500. The Morgan fingerprint density at radius 2 is 1.97 bits per heavy atom. The molecule has 0 spiro atoms. The first-order chi connectivity index (χ1) is 14.3. The Morgan fingerprint density at radius 1 is 1.20 bits per heavy atom. The van der Waals surface area contributed by atoms with Crippen molar-refractivity contribution in [1.82, 2.24) is 25.8 Å². The zero-order chi connectivity index (χ0) is 21.8. The molecule has 1 aromatic carbocycles. The molecular formula is C20H27FN6O3. The lowest BCUT2D eigenvalue weighted by molar-refractivity contribution is -0.127. The van der Waals surface area contributed by atoms with Gasteiger partial charge in [0.15, 0.2) is 6.04 Å². The van der Waals surface area contributed by atoms with Crippen LogP contribution in [-0.4, -0.2) is 92.8 Å². The van der Waals surface area contributed by atoms with Crippen molar-refractivity contribution >= 4 is 23.6 Å². The van der Waals surface area contributed by atoms with Crippen molar-refractivity contribution in [2.75, 3.05) is 47.3 Å². The Bertz CT molecular complexity index is 874. The summed E-state index contributed by atoms with van der Waals surface area (Å²) in [5.41, 5.74) is 0.500. The summed E-state index contributed by atoms with van der Waals surface area (Å²) in [5, 5.41) is 7.53. The van der Waals surface area contributed by atoms with Crippen LogP contribution < -0.4 is 16.0 Å². The van der Waals surface area contributed by atoms with E-state index < -0.39 is 17.8 Å². The largest absolute Gasteiger partial charge is 0.358 e. The van der Waals surface area contributed by atoms with E-state index >= 15 is 0 Å². The summed E-state index contributed by atoms with van der Waals surface area (Å²) in [5.74, 6) is -1.23. The van der Waals surface area contributed by atoms with Gasteiger partial charge >= 0.3 is 0 Å². The quantitative estimate of drug-likeness (QED) is 0.580. The first-order valence-corrected chi connectivity index (χ1v) is 9.89. The molecule has 0 saturated carbocycles. The molecule has 2 aliphatic heterocycles. The van der Waals surface area contributed by atoms with Crippen LogP contribution >= 0.6 is 0 Å². The normalized spacial score (nSPS) is 21.3. The lowest BCUT2D eigenvalue weighted by Crippen LogP contribution is -2.50. The molecule has 30 heavy (non-hydrogen) atoms. The number of rotatable bonds is 5. The Morgan fingerprint density at radius 3 is 2.67 bits per heavy atom. The van der Waals surface area contributed by atoms with Gasteiger partial charge in [-0.3, -0.25) is 19.4 Å². The molecule has 9 nitrogen and oxygen atoms in total. The van der Waals surface area contributed by atoms with Gasteiger partial charge in [-0.25, -0.2) is 4.39 Å². The second kappa shape index (κ2) is 9.21. The Labute approximate surface area is 174 Å². The number of nitrogens with one attached hydrogen (secondary N) is 3. The molecule has 0 aliphatic carbocycles. The third kappa shape index (κ3) is 4.43. The maximum atomic E-state index is 14.1. The fourth-order valence-electron chi connectivity index (χ4n) is 3.82. The number of benzene rings is 1. The van der Waals surface area contributed by atoms with Crippen LogP contribution in [0.4, 0.5) is 4.39 Å². The molecule has 10 heteroatoms. The molecule has 2 atom stereocenters. The van der Waals surface area contributed by atoms with E-state index in [1.807, 2.05) is 7.05 Å². The molecule has 2 heterocycles. The van der Waals surface area contributed by atoms with Crippen molar-refractivity contribution < 1.29 is 18.8 Å². The number of aliphatic imine (C=N–C) groups is 1. The van der Waals surface area contributed by atoms with Gasteiger partial charge in [-0.15, -0.1) is 0 Å². The van der Waals surface area contributed by atoms with E-state index in [0.29, 0.717) is 24.5 Å². The highest BCUT2D eigenvalue weighted by molar-refractivity contribution is 6.05.